The van der Waals surface area contributed by atoms with E-state index in [1.165, 1.54) is 0 Å². The van der Waals surface area contributed by atoms with Gasteiger partial charge in [-0.05, 0) is 29.8 Å². The van der Waals surface area contributed by atoms with Crippen molar-refractivity contribution in [2.45, 2.75) is 6.54 Å². The summed E-state index contributed by atoms with van der Waals surface area (Å²) in [5.74, 6) is 0.401. The lowest BCUT2D eigenvalue weighted by Gasteiger charge is -2.08. The Hall–Kier alpha value is -2.02. The van der Waals surface area contributed by atoms with E-state index < -0.39 is 7.32 Å². The molecule has 2 aromatic heterocycles. The average Bonchev–Trinajstić information content (AvgIpc) is 2.85. The molecule has 2 heterocycles. The Labute approximate surface area is 126 Å². The zero-order chi connectivity index (χ0) is 14.8. The zero-order valence-corrected chi connectivity index (χ0v) is 11.7. The zero-order valence-electron chi connectivity index (χ0n) is 11.0. The van der Waals surface area contributed by atoms with Crippen molar-refractivity contribution in [2.75, 3.05) is 0 Å². The minimum Gasteiger partial charge on any atom is -0.512 e. The van der Waals surface area contributed by atoms with Gasteiger partial charge in [0.25, 0.3) is 0 Å². The van der Waals surface area contributed by atoms with Crippen molar-refractivity contribution >= 4 is 29.8 Å². The van der Waals surface area contributed by atoms with Crippen molar-refractivity contribution in [2.24, 2.45) is 0 Å². The molecule has 106 valence electrons. The lowest BCUT2D eigenvalue weighted by Crippen LogP contribution is -2.20. The normalized spacial score (nSPS) is 10.8. The van der Waals surface area contributed by atoms with E-state index in [9.17, 15) is 0 Å². The van der Waals surface area contributed by atoms with Crippen LogP contribution in [0.5, 0.6) is 5.75 Å². The van der Waals surface area contributed by atoms with Crippen LogP contribution in [-0.2, 0) is 6.54 Å². The van der Waals surface area contributed by atoms with Crippen LogP contribution in [-0.4, -0.2) is 26.9 Å². The first-order valence-corrected chi connectivity index (χ1v) is 6.72. The molecule has 0 amide bonds. The van der Waals surface area contributed by atoms with E-state index in [0.717, 1.165) is 16.5 Å². The molecule has 0 aliphatic rings. The van der Waals surface area contributed by atoms with E-state index in [1.54, 1.807) is 18.3 Å². The first kappa shape index (κ1) is 13.9. The minimum atomic E-state index is -1.81. The van der Waals surface area contributed by atoms with Crippen molar-refractivity contribution < 1.29 is 14.7 Å². The van der Waals surface area contributed by atoms with Crippen LogP contribution in [0.15, 0.2) is 48.8 Å². The van der Waals surface area contributed by atoms with Crippen molar-refractivity contribution in [3.63, 3.8) is 0 Å². The molecule has 3 rings (SSSR count). The summed E-state index contributed by atoms with van der Waals surface area (Å²) in [4.78, 5) is 4.06. The summed E-state index contributed by atoms with van der Waals surface area (Å²) in [7, 11) is -1.81. The number of hydrogen-bond acceptors (Lipinski definition) is 4. The van der Waals surface area contributed by atoms with Gasteiger partial charge in [-0.25, -0.2) is 4.98 Å². The third-order valence-electron chi connectivity index (χ3n) is 3.17. The summed E-state index contributed by atoms with van der Waals surface area (Å²) >= 11 is 6.05. The number of halogens is 1. The third kappa shape index (κ3) is 3.02. The predicted molar refractivity (Wildman–Crippen MR) is 81.1 cm³/mol. The maximum Gasteiger partial charge on any atom is 0.707 e. The maximum absolute atomic E-state index is 8.74. The molecule has 5 nitrogen and oxygen atoms in total. The number of rotatable bonds is 4. The summed E-state index contributed by atoms with van der Waals surface area (Å²) in [5, 5.41) is 18.9. The maximum atomic E-state index is 8.74. The van der Waals surface area contributed by atoms with E-state index in [-0.39, 0.29) is 0 Å². The number of pyridine rings is 1. The van der Waals surface area contributed by atoms with Gasteiger partial charge in [0.05, 0.1) is 5.52 Å². The first-order chi connectivity index (χ1) is 10.1. The highest BCUT2D eigenvalue weighted by molar-refractivity contribution is 6.34. The fourth-order valence-electron chi connectivity index (χ4n) is 2.22. The molecule has 2 N–H and O–H groups in total. The third-order valence-corrected chi connectivity index (χ3v) is 3.47. The van der Waals surface area contributed by atoms with Crippen LogP contribution >= 0.6 is 11.6 Å². The Morgan fingerprint density at radius 1 is 1.14 bits per heavy atom. The largest absolute Gasteiger partial charge is 0.707 e. The molecule has 0 saturated carbocycles. The number of aromatic nitrogens is 2. The standard InChI is InChI=1S/C14H12BClN2O3/c16-14-12-6-8-18(13(12)5-7-17-14)9-10-1-3-11(4-2-10)21-15(19)20/h1-8,19-20H,9H2. The molecular formula is C14H12BClN2O3. The SMILES string of the molecule is OB(O)Oc1ccc(Cn2ccc3c(Cl)nccc32)cc1. The van der Waals surface area contributed by atoms with Gasteiger partial charge >= 0.3 is 7.32 Å². The van der Waals surface area contributed by atoms with Crippen molar-refractivity contribution in [1.29, 1.82) is 0 Å². The van der Waals surface area contributed by atoms with E-state index in [0.29, 0.717) is 17.4 Å². The van der Waals surface area contributed by atoms with Gasteiger partial charge < -0.3 is 19.3 Å². The molecule has 0 bridgehead atoms. The van der Waals surface area contributed by atoms with Crippen molar-refractivity contribution in [1.82, 2.24) is 9.55 Å². The fourth-order valence-corrected chi connectivity index (χ4v) is 2.43. The fraction of sp³-hybridized carbons (Fsp3) is 0.0714. The molecular weight excluding hydrogens is 290 g/mol. The van der Waals surface area contributed by atoms with Crippen LogP contribution in [0.3, 0.4) is 0 Å². The highest BCUT2D eigenvalue weighted by Gasteiger charge is 2.11. The van der Waals surface area contributed by atoms with E-state index in [1.807, 2.05) is 30.5 Å². The molecule has 0 atom stereocenters. The van der Waals surface area contributed by atoms with Gasteiger partial charge in [0.2, 0.25) is 0 Å². The highest BCUT2D eigenvalue weighted by Crippen LogP contribution is 2.23. The summed E-state index contributed by atoms with van der Waals surface area (Å²) in [6, 6.07) is 11.0. The Morgan fingerprint density at radius 2 is 1.90 bits per heavy atom. The van der Waals surface area contributed by atoms with E-state index in [2.05, 4.69) is 9.55 Å². The van der Waals surface area contributed by atoms with Gasteiger partial charge in [-0.1, -0.05) is 23.7 Å². The second-order valence-corrected chi connectivity index (χ2v) is 4.92. The molecule has 0 fully saturated rings. The van der Waals surface area contributed by atoms with Crippen LogP contribution in [0.1, 0.15) is 5.56 Å². The molecule has 0 unspecified atom stereocenters. The molecule has 3 aromatic rings. The van der Waals surface area contributed by atoms with Crippen LogP contribution in [0.2, 0.25) is 5.15 Å². The van der Waals surface area contributed by atoms with Crippen LogP contribution in [0.4, 0.5) is 0 Å². The Kier molecular flexibility index (Phi) is 3.83. The van der Waals surface area contributed by atoms with Gasteiger partial charge in [0, 0.05) is 24.3 Å². The smallest absolute Gasteiger partial charge is 0.512 e. The Morgan fingerprint density at radius 3 is 2.62 bits per heavy atom. The van der Waals surface area contributed by atoms with Gasteiger partial charge in [-0.2, -0.15) is 0 Å². The summed E-state index contributed by atoms with van der Waals surface area (Å²) in [6.07, 6.45) is 3.64. The van der Waals surface area contributed by atoms with Gasteiger partial charge in [0.1, 0.15) is 10.9 Å². The van der Waals surface area contributed by atoms with Crippen molar-refractivity contribution in [3.05, 3.63) is 59.5 Å². The van der Waals surface area contributed by atoms with Gasteiger partial charge in [-0.15, -0.1) is 0 Å². The predicted octanol–water partition coefficient (Wildman–Crippen LogP) is 2.09. The molecule has 7 heteroatoms. The number of hydrogen-bond donors (Lipinski definition) is 2. The first-order valence-electron chi connectivity index (χ1n) is 6.34. The molecule has 0 aliphatic heterocycles. The van der Waals surface area contributed by atoms with Crippen LogP contribution in [0, 0.1) is 0 Å². The number of nitrogens with zero attached hydrogens (tertiary/aromatic N) is 2. The molecule has 0 radical (unpaired) electrons. The Bertz CT molecular complexity index is 759. The molecule has 0 saturated heterocycles. The average molecular weight is 303 g/mol. The van der Waals surface area contributed by atoms with Crippen LogP contribution < -0.4 is 4.65 Å². The summed E-state index contributed by atoms with van der Waals surface area (Å²) < 4.78 is 6.84. The lowest BCUT2D eigenvalue weighted by atomic mass is 10.2. The quantitative estimate of drug-likeness (QED) is 0.572. The van der Waals surface area contributed by atoms with Gasteiger partial charge in [-0.3, -0.25) is 0 Å². The summed E-state index contributed by atoms with van der Waals surface area (Å²) in [5.41, 5.74) is 2.07. The minimum absolute atomic E-state index is 0.401. The van der Waals surface area contributed by atoms with Crippen LogP contribution in [0.25, 0.3) is 10.9 Å². The summed E-state index contributed by atoms with van der Waals surface area (Å²) in [6.45, 7) is 0.672. The number of fused-ring (bicyclic) bond motifs is 1. The molecule has 0 spiro atoms. The van der Waals surface area contributed by atoms with E-state index in [4.69, 9.17) is 26.3 Å². The lowest BCUT2D eigenvalue weighted by molar-refractivity contribution is 0.288. The highest BCUT2D eigenvalue weighted by atomic mass is 35.5. The number of benzene rings is 1. The second kappa shape index (κ2) is 5.77. The molecule has 0 aliphatic carbocycles. The van der Waals surface area contributed by atoms with Gasteiger partial charge in [0.15, 0.2) is 0 Å². The Balaban J connectivity index is 1.83. The van der Waals surface area contributed by atoms with Crippen molar-refractivity contribution in [3.8, 4) is 5.75 Å². The molecule has 21 heavy (non-hydrogen) atoms. The van der Waals surface area contributed by atoms with E-state index >= 15 is 0 Å². The molecule has 1 aromatic carbocycles. The second-order valence-electron chi connectivity index (χ2n) is 4.57. The monoisotopic (exact) mass is 302 g/mol. The topological polar surface area (TPSA) is 67.5 Å².